The third-order valence-corrected chi connectivity index (χ3v) is 3.18. The maximum Gasteiger partial charge on any atom is 0.320 e. The first-order chi connectivity index (χ1) is 9.37. The van der Waals surface area contributed by atoms with Crippen molar-refractivity contribution in [3.8, 4) is 0 Å². The van der Waals surface area contributed by atoms with Crippen LogP contribution < -0.4 is 0 Å². The van der Waals surface area contributed by atoms with E-state index in [1.165, 1.54) is 4.90 Å². The van der Waals surface area contributed by atoms with Crippen molar-refractivity contribution < 1.29 is 24.6 Å². The second kappa shape index (κ2) is 9.30. The minimum Gasteiger partial charge on any atom is -0.481 e. The lowest BCUT2D eigenvalue weighted by molar-refractivity contribution is -0.147. The van der Waals surface area contributed by atoms with E-state index in [2.05, 4.69) is 0 Å². The first-order valence-electron chi connectivity index (χ1n) is 6.83. The van der Waals surface area contributed by atoms with Gasteiger partial charge in [0.05, 0.1) is 13.0 Å². The van der Waals surface area contributed by atoms with Crippen LogP contribution >= 0.6 is 0 Å². The van der Waals surface area contributed by atoms with Gasteiger partial charge in [-0.25, -0.2) is 0 Å². The molecule has 0 aromatic carbocycles. The summed E-state index contributed by atoms with van der Waals surface area (Å²) in [5.74, 6) is -2.23. The minimum absolute atomic E-state index is 0.0488. The van der Waals surface area contributed by atoms with E-state index < -0.39 is 18.0 Å². The SMILES string of the molecule is CCC(C(=O)O)N(CCC(=O)O)CC(=O)N(CC)CC. The van der Waals surface area contributed by atoms with Gasteiger partial charge in [0.1, 0.15) is 6.04 Å². The maximum atomic E-state index is 12.0. The van der Waals surface area contributed by atoms with Crippen molar-refractivity contribution in [3.05, 3.63) is 0 Å². The molecule has 7 nitrogen and oxygen atoms in total. The van der Waals surface area contributed by atoms with Crippen LogP contribution in [0.1, 0.15) is 33.6 Å². The van der Waals surface area contributed by atoms with Gasteiger partial charge in [-0.05, 0) is 20.3 Å². The lowest BCUT2D eigenvalue weighted by atomic mass is 10.1. The van der Waals surface area contributed by atoms with Gasteiger partial charge in [-0.3, -0.25) is 19.3 Å². The smallest absolute Gasteiger partial charge is 0.320 e. The summed E-state index contributed by atoms with van der Waals surface area (Å²) >= 11 is 0. The summed E-state index contributed by atoms with van der Waals surface area (Å²) in [4.78, 5) is 36.9. The largest absolute Gasteiger partial charge is 0.481 e. The molecule has 116 valence electrons. The summed E-state index contributed by atoms with van der Waals surface area (Å²) < 4.78 is 0. The Hall–Kier alpha value is -1.63. The number of carboxylic acid groups (broad SMARTS) is 2. The van der Waals surface area contributed by atoms with Crippen LogP contribution in [-0.4, -0.2) is 70.1 Å². The Morgan fingerprint density at radius 1 is 1.05 bits per heavy atom. The van der Waals surface area contributed by atoms with Crippen LogP contribution in [0.2, 0.25) is 0 Å². The molecule has 0 spiro atoms. The highest BCUT2D eigenvalue weighted by molar-refractivity contribution is 5.80. The number of amides is 1. The molecular weight excluding hydrogens is 264 g/mol. The third-order valence-electron chi connectivity index (χ3n) is 3.18. The van der Waals surface area contributed by atoms with Crippen molar-refractivity contribution in [2.45, 2.75) is 39.7 Å². The van der Waals surface area contributed by atoms with Crippen molar-refractivity contribution in [1.82, 2.24) is 9.80 Å². The fourth-order valence-electron chi connectivity index (χ4n) is 2.02. The topological polar surface area (TPSA) is 98.1 Å². The van der Waals surface area contributed by atoms with Crippen LogP contribution in [0.5, 0.6) is 0 Å². The Labute approximate surface area is 119 Å². The molecule has 0 rings (SSSR count). The molecule has 20 heavy (non-hydrogen) atoms. The first-order valence-corrected chi connectivity index (χ1v) is 6.83. The number of carbonyl (C=O) groups is 3. The van der Waals surface area contributed by atoms with E-state index in [9.17, 15) is 14.4 Å². The van der Waals surface area contributed by atoms with Crippen molar-refractivity contribution in [2.24, 2.45) is 0 Å². The van der Waals surface area contributed by atoms with E-state index in [0.29, 0.717) is 19.5 Å². The zero-order chi connectivity index (χ0) is 15.7. The summed E-state index contributed by atoms with van der Waals surface area (Å²) in [6, 6.07) is -0.839. The monoisotopic (exact) mass is 288 g/mol. The number of hydrogen-bond acceptors (Lipinski definition) is 4. The molecule has 7 heteroatoms. The Balaban J connectivity index is 4.87. The van der Waals surface area contributed by atoms with Gasteiger partial charge in [0.15, 0.2) is 0 Å². The standard InChI is InChI=1S/C13H24N2O5/c1-4-10(13(19)20)15(8-7-12(17)18)9-11(16)14(5-2)6-3/h10H,4-9H2,1-3H3,(H,17,18)(H,19,20). The molecule has 0 aliphatic rings. The van der Waals surface area contributed by atoms with Crippen molar-refractivity contribution >= 4 is 17.8 Å². The van der Waals surface area contributed by atoms with Crippen LogP contribution in [-0.2, 0) is 14.4 Å². The minimum atomic E-state index is -1.04. The molecule has 0 heterocycles. The molecule has 0 aliphatic heterocycles. The highest BCUT2D eigenvalue weighted by atomic mass is 16.4. The Bertz CT molecular complexity index is 342. The second-order valence-electron chi connectivity index (χ2n) is 4.44. The highest BCUT2D eigenvalue weighted by Crippen LogP contribution is 2.07. The Morgan fingerprint density at radius 2 is 1.60 bits per heavy atom. The van der Waals surface area contributed by atoms with Gasteiger partial charge >= 0.3 is 11.9 Å². The molecule has 1 amide bonds. The lowest BCUT2D eigenvalue weighted by Gasteiger charge is -2.29. The van der Waals surface area contributed by atoms with Crippen LogP contribution in [0.25, 0.3) is 0 Å². The number of hydrogen-bond donors (Lipinski definition) is 2. The average Bonchev–Trinajstić information content (AvgIpc) is 2.37. The molecule has 0 bridgehead atoms. The van der Waals surface area contributed by atoms with Crippen LogP contribution in [0.4, 0.5) is 0 Å². The number of rotatable bonds is 10. The van der Waals surface area contributed by atoms with Crippen molar-refractivity contribution in [1.29, 1.82) is 0 Å². The zero-order valence-corrected chi connectivity index (χ0v) is 12.3. The van der Waals surface area contributed by atoms with Crippen molar-refractivity contribution in [3.63, 3.8) is 0 Å². The summed E-state index contributed by atoms with van der Waals surface area (Å²) in [5, 5.41) is 17.9. The number of nitrogens with zero attached hydrogens (tertiary/aromatic N) is 2. The van der Waals surface area contributed by atoms with Gasteiger partial charge in [0, 0.05) is 19.6 Å². The maximum absolute atomic E-state index is 12.0. The van der Waals surface area contributed by atoms with E-state index in [0.717, 1.165) is 0 Å². The summed E-state index contributed by atoms with van der Waals surface area (Å²) in [5.41, 5.74) is 0. The Morgan fingerprint density at radius 3 is 1.95 bits per heavy atom. The predicted octanol–water partition coefficient (Wildman–Crippen LogP) is 0.495. The zero-order valence-electron chi connectivity index (χ0n) is 12.3. The molecule has 0 fully saturated rings. The molecule has 0 saturated heterocycles. The lowest BCUT2D eigenvalue weighted by Crippen LogP contribution is -2.48. The molecule has 1 atom stereocenters. The third kappa shape index (κ3) is 6.01. The fraction of sp³-hybridized carbons (Fsp3) is 0.769. The highest BCUT2D eigenvalue weighted by Gasteiger charge is 2.27. The first kappa shape index (κ1) is 18.4. The molecule has 0 aliphatic carbocycles. The van der Waals surface area contributed by atoms with E-state index in [1.54, 1.807) is 11.8 Å². The number of carboxylic acids is 2. The molecular formula is C13H24N2O5. The van der Waals surface area contributed by atoms with Gasteiger partial charge in [-0.1, -0.05) is 6.92 Å². The van der Waals surface area contributed by atoms with Gasteiger partial charge in [-0.15, -0.1) is 0 Å². The summed E-state index contributed by atoms with van der Waals surface area (Å²) in [6.45, 7) is 6.47. The van der Waals surface area contributed by atoms with Gasteiger partial charge in [0.2, 0.25) is 5.91 Å². The Kier molecular flexibility index (Phi) is 8.54. The average molecular weight is 288 g/mol. The molecule has 1 unspecified atom stereocenters. The van der Waals surface area contributed by atoms with Crippen LogP contribution in [0.3, 0.4) is 0 Å². The second-order valence-corrected chi connectivity index (χ2v) is 4.44. The predicted molar refractivity (Wildman–Crippen MR) is 73.5 cm³/mol. The van der Waals surface area contributed by atoms with E-state index in [-0.39, 0.29) is 25.4 Å². The molecule has 0 saturated carbocycles. The van der Waals surface area contributed by atoms with Gasteiger partial charge in [0.25, 0.3) is 0 Å². The van der Waals surface area contributed by atoms with E-state index in [4.69, 9.17) is 10.2 Å². The fourth-order valence-corrected chi connectivity index (χ4v) is 2.02. The summed E-state index contributed by atoms with van der Waals surface area (Å²) in [6.07, 6.45) is 0.135. The van der Waals surface area contributed by atoms with E-state index >= 15 is 0 Å². The van der Waals surface area contributed by atoms with Crippen LogP contribution in [0, 0.1) is 0 Å². The van der Waals surface area contributed by atoms with Gasteiger partial charge in [-0.2, -0.15) is 0 Å². The number of carbonyl (C=O) groups excluding carboxylic acids is 1. The quantitative estimate of drug-likeness (QED) is 0.607. The number of likely N-dealkylation sites (N-methyl/N-ethyl adjacent to an activating group) is 1. The van der Waals surface area contributed by atoms with E-state index in [1.807, 2.05) is 13.8 Å². The molecule has 2 N–H and O–H groups in total. The van der Waals surface area contributed by atoms with Crippen LogP contribution in [0.15, 0.2) is 0 Å². The molecule has 0 aromatic heterocycles. The normalized spacial score (nSPS) is 12.2. The van der Waals surface area contributed by atoms with Gasteiger partial charge < -0.3 is 15.1 Å². The molecule has 0 radical (unpaired) electrons. The molecule has 0 aromatic rings. The number of aliphatic carboxylic acids is 2. The summed E-state index contributed by atoms with van der Waals surface area (Å²) in [7, 11) is 0. The van der Waals surface area contributed by atoms with Crippen molar-refractivity contribution in [2.75, 3.05) is 26.2 Å².